The van der Waals surface area contributed by atoms with E-state index in [4.69, 9.17) is 27.6 Å². The highest BCUT2D eigenvalue weighted by atomic mass is 35.5. The van der Waals surface area contributed by atoms with Gasteiger partial charge in [-0.25, -0.2) is 14.4 Å². The second-order valence-corrected chi connectivity index (χ2v) is 10.2. The van der Waals surface area contributed by atoms with Crippen LogP contribution >= 0.6 is 11.6 Å². The third-order valence-corrected chi connectivity index (χ3v) is 7.65. The van der Waals surface area contributed by atoms with Crippen LogP contribution in [0, 0.1) is 23.1 Å². The number of carbonyl (C=O) groups is 1. The van der Waals surface area contributed by atoms with Crippen LogP contribution in [0.25, 0.3) is 11.2 Å². The summed E-state index contributed by atoms with van der Waals surface area (Å²) in [7, 11) is 0. The number of amides is 1. The van der Waals surface area contributed by atoms with E-state index < -0.39 is 11.9 Å². The van der Waals surface area contributed by atoms with E-state index in [0.29, 0.717) is 48.7 Å². The Kier molecular flexibility index (Phi) is 7.13. The lowest BCUT2D eigenvalue weighted by molar-refractivity contribution is -0.122. The molecule has 2 aromatic heterocycles. The number of benzene rings is 1. The summed E-state index contributed by atoms with van der Waals surface area (Å²) in [6, 6.07) is 4.16. The Hall–Kier alpha value is -3.49. The van der Waals surface area contributed by atoms with Crippen molar-refractivity contribution in [2.24, 2.45) is 11.7 Å². The summed E-state index contributed by atoms with van der Waals surface area (Å²) in [5.74, 6) is -0.474. The Bertz CT molecular complexity index is 1340. The average Bonchev–Trinajstić information content (AvgIpc) is 3.24. The Morgan fingerprint density at radius 2 is 1.95 bits per heavy atom. The number of aliphatic hydroxyl groups excluding tert-OH is 1. The van der Waals surface area contributed by atoms with Crippen molar-refractivity contribution in [3.8, 4) is 6.07 Å². The van der Waals surface area contributed by atoms with Gasteiger partial charge in [0.2, 0.25) is 17.8 Å². The minimum Gasteiger partial charge on any atom is -0.391 e. The average molecular weight is 527 g/mol. The molecule has 0 spiro atoms. The minimum absolute atomic E-state index is 0.000296. The van der Waals surface area contributed by atoms with Crippen LogP contribution in [-0.2, 0) is 4.79 Å². The number of halogens is 2. The quantitative estimate of drug-likeness (QED) is 0.373. The predicted octanol–water partition coefficient (Wildman–Crippen LogP) is 4.17. The molecule has 2 aliphatic rings. The van der Waals surface area contributed by atoms with Gasteiger partial charge in [-0.1, -0.05) is 24.4 Å². The summed E-state index contributed by atoms with van der Waals surface area (Å²) in [5.41, 5.74) is 6.68. The number of nitrogens with two attached hydrogens (primary N) is 1. The number of hydrogen-bond donors (Lipinski definition) is 4. The van der Waals surface area contributed by atoms with Gasteiger partial charge in [0.05, 0.1) is 40.7 Å². The molecule has 5 rings (SSSR count). The second kappa shape index (κ2) is 10.5. The Balaban J connectivity index is 1.53. The molecule has 2 fully saturated rings. The predicted molar refractivity (Wildman–Crippen MR) is 137 cm³/mol. The van der Waals surface area contributed by atoms with E-state index in [9.17, 15) is 14.3 Å². The molecule has 0 saturated heterocycles. The maximum absolute atomic E-state index is 14.9. The molecule has 194 valence electrons. The van der Waals surface area contributed by atoms with Gasteiger partial charge >= 0.3 is 0 Å². The SMILES string of the molecule is N#Cc1cc(F)c(Nc2nc3cnc(N[C@H]4CCCC[C@H]4O)nc3n2[C@H]2CC[C@@H](C(N)=O)CC2)c(Cl)c1. The normalized spacial score (nSPS) is 23.9. The number of aliphatic hydroxyl groups is 1. The monoisotopic (exact) mass is 526 g/mol. The molecule has 37 heavy (non-hydrogen) atoms. The molecule has 0 bridgehead atoms. The van der Waals surface area contributed by atoms with Gasteiger partial charge in [-0.3, -0.25) is 9.36 Å². The summed E-state index contributed by atoms with van der Waals surface area (Å²) in [6.07, 6.45) is 7.23. The smallest absolute Gasteiger partial charge is 0.225 e. The van der Waals surface area contributed by atoms with Gasteiger partial charge in [0, 0.05) is 12.0 Å². The molecule has 0 unspecified atom stereocenters. The van der Waals surface area contributed by atoms with Gasteiger partial charge in [-0.15, -0.1) is 0 Å². The van der Waals surface area contributed by atoms with Crippen LogP contribution in [0.5, 0.6) is 0 Å². The highest BCUT2D eigenvalue weighted by Crippen LogP contribution is 2.38. The van der Waals surface area contributed by atoms with Gasteiger partial charge in [0.25, 0.3) is 0 Å². The molecule has 2 atom stereocenters. The van der Waals surface area contributed by atoms with E-state index in [1.165, 1.54) is 6.07 Å². The molecule has 0 radical (unpaired) electrons. The number of anilines is 3. The van der Waals surface area contributed by atoms with Crippen molar-refractivity contribution in [2.45, 2.75) is 69.6 Å². The van der Waals surface area contributed by atoms with Crippen LogP contribution < -0.4 is 16.4 Å². The largest absolute Gasteiger partial charge is 0.391 e. The van der Waals surface area contributed by atoms with E-state index in [2.05, 4.69) is 20.6 Å². The number of primary amides is 1. The number of imidazole rings is 1. The van der Waals surface area contributed by atoms with Gasteiger partial charge in [-0.2, -0.15) is 10.2 Å². The fourth-order valence-corrected chi connectivity index (χ4v) is 5.58. The number of nitrogens with zero attached hydrogens (tertiary/aromatic N) is 5. The Morgan fingerprint density at radius 1 is 1.19 bits per heavy atom. The molecule has 1 aromatic carbocycles. The number of carbonyl (C=O) groups excluding carboxylic acids is 1. The fraction of sp³-hybridized carbons (Fsp3) is 0.480. The van der Waals surface area contributed by atoms with Crippen molar-refractivity contribution < 1.29 is 14.3 Å². The lowest BCUT2D eigenvalue weighted by Crippen LogP contribution is -2.36. The maximum Gasteiger partial charge on any atom is 0.225 e. The molecule has 2 aliphatic carbocycles. The molecule has 5 N–H and O–H groups in total. The van der Waals surface area contributed by atoms with Crippen LogP contribution in [-0.4, -0.2) is 42.7 Å². The molecule has 10 nitrogen and oxygen atoms in total. The molecule has 2 heterocycles. The van der Waals surface area contributed by atoms with Crippen molar-refractivity contribution in [1.82, 2.24) is 19.5 Å². The zero-order valence-corrected chi connectivity index (χ0v) is 20.9. The zero-order valence-electron chi connectivity index (χ0n) is 20.1. The zero-order chi connectivity index (χ0) is 26.1. The van der Waals surface area contributed by atoms with Crippen molar-refractivity contribution in [3.05, 3.63) is 34.7 Å². The first-order valence-corrected chi connectivity index (χ1v) is 12.9. The molecular weight excluding hydrogens is 499 g/mol. The van der Waals surface area contributed by atoms with Gasteiger partial charge in [0.1, 0.15) is 11.3 Å². The standard InChI is InChI=1S/C25H28ClFN8O2/c26-16-9-13(11-28)10-17(27)21(16)33-25-32-19-12-30-24(31-18-3-1-2-4-20(18)36)34-23(19)35(25)15-7-5-14(6-8-15)22(29)37/h9-10,12,14-15,18,20,36H,1-8H2,(H2,29,37)(H,32,33)(H,30,31,34)/t14-,15+,18-,20+/m0/s1. The number of nitriles is 1. The second-order valence-electron chi connectivity index (χ2n) is 9.77. The highest BCUT2D eigenvalue weighted by molar-refractivity contribution is 6.33. The van der Waals surface area contributed by atoms with E-state index in [1.54, 1.807) is 6.20 Å². The van der Waals surface area contributed by atoms with E-state index >= 15 is 0 Å². The lowest BCUT2D eigenvalue weighted by Gasteiger charge is -2.29. The van der Waals surface area contributed by atoms with Crippen LogP contribution in [0.2, 0.25) is 5.02 Å². The summed E-state index contributed by atoms with van der Waals surface area (Å²) in [4.78, 5) is 25.5. The van der Waals surface area contributed by atoms with Gasteiger partial charge < -0.3 is 21.5 Å². The van der Waals surface area contributed by atoms with Crippen LogP contribution in [0.4, 0.5) is 22.0 Å². The summed E-state index contributed by atoms with van der Waals surface area (Å²) >= 11 is 6.30. The molecule has 2 saturated carbocycles. The highest BCUT2D eigenvalue weighted by Gasteiger charge is 2.30. The number of hydrogen-bond acceptors (Lipinski definition) is 8. The molecule has 0 aliphatic heterocycles. The van der Waals surface area contributed by atoms with Gasteiger partial charge in [-0.05, 0) is 50.7 Å². The summed E-state index contributed by atoms with van der Waals surface area (Å²) in [5, 5.41) is 25.8. The van der Waals surface area contributed by atoms with Crippen LogP contribution in [0.3, 0.4) is 0 Å². The summed E-state index contributed by atoms with van der Waals surface area (Å²) < 4.78 is 16.8. The maximum atomic E-state index is 14.9. The topological polar surface area (TPSA) is 155 Å². The third-order valence-electron chi connectivity index (χ3n) is 7.35. The molecule has 12 heteroatoms. The van der Waals surface area contributed by atoms with Crippen molar-refractivity contribution >= 4 is 46.3 Å². The van der Waals surface area contributed by atoms with Crippen LogP contribution in [0.1, 0.15) is 63.0 Å². The van der Waals surface area contributed by atoms with E-state index in [-0.39, 0.29) is 40.2 Å². The molecule has 3 aromatic rings. The number of rotatable bonds is 6. The van der Waals surface area contributed by atoms with Crippen LogP contribution in [0.15, 0.2) is 18.3 Å². The van der Waals surface area contributed by atoms with Crippen molar-refractivity contribution in [3.63, 3.8) is 0 Å². The lowest BCUT2D eigenvalue weighted by atomic mass is 9.85. The number of aromatic nitrogens is 4. The van der Waals surface area contributed by atoms with Crippen molar-refractivity contribution in [2.75, 3.05) is 10.6 Å². The number of nitrogens with one attached hydrogen (secondary N) is 2. The van der Waals surface area contributed by atoms with Gasteiger partial charge in [0.15, 0.2) is 5.65 Å². The Morgan fingerprint density at radius 3 is 2.62 bits per heavy atom. The first-order valence-electron chi connectivity index (χ1n) is 12.5. The molecular formula is C25H28ClFN8O2. The van der Waals surface area contributed by atoms with E-state index in [1.807, 2.05) is 10.6 Å². The minimum atomic E-state index is -0.681. The first kappa shape index (κ1) is 25.2. The van der Waals surface area contributed by atoms with Crippen molar-refractivity contribution in [1.29, 1.82) is 5.26 Å². The van der Waals surface area contributed by atoms with E-state index in [0.717, 1.165) is 31.7 Å². The fourth-order valence-electron chi connectivity index (χ4n) is 5.33. The third kappa shape index (κ3) is 5.17. The first-order chi connectivity index (χ1) is 17.8. The molecule has 1 amide bonds. The number of fused-ring (bicyclic) bond motifs is 1. The Labute approximate surface area is 218 Å². The summed E-state index contributed by atoms with van der Waals surface area (Å²) in [6.45, 7) is 0.